The van der Waals surface area contributed by atoms with Crippen LogP contribution < -0.4 is 26.0 Å². The molecule has 3 aromatic rings. The highest BCUT2D eigenvalue weighted by molar-refractivity contribution is 6.34. The maximum Gasteiger partial charge on any atom is 0.322 e. The van der Waals surface area contributed by atoms with E-state index in [1.54, 1.807) is 36.0 Å². The van der Waals surface area contributed by atoms with Crippen LogP contribution in [0.25, 0.3) is 5.65 Å². The van der Waals surface area contributed by atoms with E-state index in [0.29, 0.717) is 45.6 Å². The lowest BCUT2D eigenvalue weighted by Crippen LogP contribution is -2.31. The first-order chi connectivity index (χ1) is 15.0. The van der Waals surface area contributed by atoms with Crippen molar-refractivity contribution in [2.45, 2.75) is 31.3 Å². The van der Waals surface area contributed by atoms with Gasteiger partial charge in [-0.05, 0) is 25.0 Å². The number of urea groups is 1. The van der Waals surface area contributed by atoms with Crippen LogP contribution in [0.15, 0.2) is 24.4 Å². The van der Waals surface area contributed by atoms with Gasteiger partial charge in [0.2, 0.25) is 11.9 Å². The molecule has 1 atom stereocenters. The van der Waals surface area contributed by atoms with E-state index in [4.69, 9.17) is 16.3 Å². The summed E-state index contributed by atoms with van der Waals surface area (Å²) in [6, 6.07) is 4.50. The van der Waals surface area contributed by atoms with Crippen LogP contribution in [0.3, 0.4) is 0 Å². The fourth-order valence-electron chi connectivity index (χ4n) is 3.33. The second-order valence-corrected chi connectivity index (χ2v) is 7.74. The predicted octanol–water partition coefficient (Wildman–Crippen LogP) is 1.85. The number of amides is 3. The Morgan fingerprint density at radius 3 is 2.84 bits per heavy atom. The van der Waals surface area contributed by atoms with Crippen LogP contribution >= 0.6 is 11.6 Å². The first kappa shape index (κ1) is 19.4. The van der Waals surface area contributed by atoms with Crippen molar-refractivity contribution in [3.8, 4) is 5.75 Å². The third kappa shape index (κ3) is 3.79. The van der Waals surface area contributed by atoms with Gasteiger partial charge in [0.05, 0.1) is 19.0 Å². The van der Waals surface area contributed by atoms with E-state index in [2.05, 4.69) is 36.3 Å². The van der Waals surface area contributed by atoms with Crippen LogP contribution in [-0.2, 0) is 11.2 Å². The molecule has 160 valence electrons. The molecular formula is C19H19ClN8O3. The molecule has 2 aromatic heterocycles. The molecule has 2 aliphatic rings. The number of halogens is 1. The number of methoxy groups -OCH3 is 1. The number of anilines is 3. The van der Waals surface area contributed by atoms with E-state index in [-0.39, 0.29) is 12.3 Å². The van der Waals surface area contributed by atoms with Gasteiger partial charge in [0, 0.05) is 18.0 Å². The van der Waals surface area contributed by atoms with Gasteiger partial charge in [-0.2, -0.15) is 19.6 Å². The molecule has 0 radical (unpaired) electrons. The van der Waals surface area contributed by atoms with Crippen molar-refractivity contribution in [3.05, 3.63) is 35.0 Å². The van der Waals surface area contributed by atoms with E-state index in [9.17, 15) is 9.59 Å². The Kier molecular flexibility index (Phi) is 4.74. The number of aromatic nitrogens is 4. The number of rotatable bonds is 7. The van der Waals surface area contributed by atoms with Crippen molar-refractivity contribution in [2.75, 3.05) is 17.7 Å². The van der Waals surface area contributed by atoms with Crippen molar-refractivity contribution in [1.29, 1.82) is 0 Å². The van der Waals surface area contributed by atoms with Crippen molar-refractivity contribution in [2.24, 2.45) is 0 Å². The summed E-state index contributed by atoms with van der Waals surface area (Å²) in [5.74, 6) is 0.987. The minimum Gasteiger partial charge on any atom is -0.495 e. The largest absolute Gasteiger partial charge is 0.495 e. The number of hydrogen-bond donors (Lipinski definition) is 4. The molecule has 2 fully saturated rings. The molecule has 1 aliphatic carbocycles. The fourth-order valence-corrected chi connectivity index (χ4v) is 3.58. The van der Waals surface area contributed by atoms with E-state index in [0.717, 1.165) is 12.8 Å². The molecule has 0 spiro atoms. The molecule has 1 aliphatic heterocycles. The summed E-state index contributed by atoms with van der Waals surface area (Å²) in [4.78, 5) is 32.6. The van der Waals surface area contributed by atoms with Crippen LogP contribution in [0.4, 0.5) is 22.4 Å². The van der Waals surface area contributed by atoms with E-state index >= 15 is 0 Å². The Morgan fingerprint density at radius 1 is 1.29 bits per heavy atom. The molecule has 11 nitrogen and oxygen atoms in total. The topological polar surface area (TPSA) is 135 Å². The van der Waals surface area contributed by atoms with Gasteiger partial charge in [0.25, 0.3) is 5.91 Å². The highest BCUT2D eigenvalue weighted by Gasteiger charge is 2.31. The SMILES string of the molecule is COc1cccc(Nc2nc(NC3CC3)n3ncc(CC4NC(=O)NC4=O)c3n2)c1Cl. The molecule has 12 heteroatoms. The number of ether oxygens (including phenoxy) is 1. The maximum absolute atomic E-state index is 12.0. The van der Waals surface area contributed by atoms with E-state index < -0.39 is 12.1 Å². The summed E-state index contributed by atoms with van der Waals surface area (Å²) in [6.07, 6.45) is 3.99. The molecule has 3 amide bonds. The van der Waals surface area contributed by atoms with Gasteiger partial charge >= 0.3 is 6.03 Å². The van der Waals surface area contributed by atoms with Crippen molar-refractivity contribution < 1.29 is 14.3 Å². The first-order valence-corrected chi connectivity index (χ1v) is 10.1. The second kappa shape index (κ2) is 7.58. The van der Waals surface area contributed by atoms with Crippen LogP contribution in [0.1, 0.15) is 18.4 Å². The molecule has 1 saturated heterocycles. The number of carbonyl (C=O) groups is 2. The highest BCUT2D eigenvalue weighted by atomic mass is 35.5. The van der Waals surface area contributed by atoms with Crippen LogP contribution in [0.2, 0.25) is 5.02 Å². The average Bonchev–Trinajstić information content (AvgIpc) is 3.38. The highest BCUT2D eigenvalue weighted by Crippen LogP contribution is 2.33. The number of nitrogens with zero attached hydrogens (tertiary/aromatic N) is 4. The Labute approximate surface area is 181 Å². The number of imide groups is 1. The number of hydrogen-bond acceptors (Lipinski definition) is 8. The fraction of sp³-hybridized carbons (Fsp3) is 0.316. The molecule has 1 unspecified atom stereocenters. The zero-order valence-corrected chi connectivity index (χ0v) is 17.2. The average molecular weight is 443 g/mol. The van der Waals surface area contributed by atoms with E-state index in [1.165, 1.54) is 0 Å². The normalized spacial score (nSPS) is 18.1. The Balaban J connectivity index is 1.52. The molecule has 5 rings (SSSR count). The Morgan fingerprint density at radius 2 is 2.13 bits per heavy atom. The standard InChI is InChI=1S/C19H19ClN8O3/c1-31-13-4-2-3-11(14(13)20)23-17-25-15-9(7-12-16(29)26-19(30)24-12)8-21-28(15)18(27-17)22-10-5-6-10/h2-4,8,10,12H,5-7H2,1H3,(H2,22,23,25,27)(H2,24,26,29,30). The molecule has 4 N–H and O–H groups in total. The summed E-state index contributed by atoms with van der Waals surface area (Å²) >= 11 is 6.40. The summed E-state index contributed by atoms with van der Waals surface area (Å²) in [7, 11) is 1.54. The van der Waals surface area contributed by atoms with Crippen molar-refractivity contribution in [3.63, 3.8) is 0 Å². The third-order valence-corrected chi connectivity index (χ3v) is 5.45. The van der Waals surface area contributed by atoms with Gasteiger partial charge in [-0.3, -0.25) is 10.1 Å². The lowest BCUT2D eigenvalue weighted by atomic mass is 10.1. The molecule has 3 heterocycles. The smallest absolute Gasteiger partial charge is 0.322 e. The van der Waals surface area contributed by atoms with Crippen LogP contribution in [-0.4, -0.2) is 50.7 Å². The minimum absolute atomic E-state index is 0.250. The zero-order chi connectivity index (χ0) is 21.5. The Hall–Kier alpha value is -3.60. The minimum atomic E-state index is -0.681. The second-order valence-electron chi connectivity index (χ2n) is 7.36. The molecule has 31 heavy (non-hydrogen) atoms. The number of carbonyl (C=O) groups excluding carboxylic acids is 2. The van der Waals surface area contributed by atoms with Gasteiger partial charge in [-0.1, -0.05) is 17.7 Å². The monoisotopic (exact) mass is 442 g/mol. The van der Waals surface area contributed by atoms with Crippen molar-refractivity contribution >= 4 is 46.8 Å². The number of benzene rings is 1. The first-order valence-electron chi connectivity index (χ1n) is 9.74. The molecule has 1 aromatic carbocycles. The summed E-state index contributed by atoms with van der Waals surface area (Å²) < 4.78 is 6.86. The Bertz CT molecular complexity index is 1190. The van der Waals surface area contributed by atoms with Gasteiger partial charge in [-0.15, -0.1) is 0 Å². The summed E-state index contributed by atoms with van der Waals surface area (Å²) in [5, 5.41) is 16.1. The number of nitrogens with one attached hydrogen (secondary N) is 4. The lowest BCUT2D eigenvalue weighted by Gasteiger charge is -2.13. The molecule has 0 bridgehead atoms. The zero-order valence-electron chi connectivity index (χ0n) is 16.5. The lowest BCUT2D eigenvalue weighted by molar-refractivity contribution is -0.120. The van der Waals surface area contributed by atoms with Gasteiger partial charge < -0.3 is 20.7 Å². The van der Waals surface area contributed by atoms with E-state index in [1.807, 2.05) is 0 Å². The van der Waals surface area contributed by atoms with Crippen LogP contribution in [0, 0.1) is 0 Å². The molecule has 1 saturated carbocycles. The number of fused-ring (bicyclic) bond motifs is 1. The maximum atomic E-state index is 12.0. The van der Waals surface area contributed by atoms with Gasteiger partial charge in [-0.25, -0.2) is 4.79 Å². The summed E-state index contributed by atoms with van der Waals surface area (Å²) in [5.41, 5.74) is 1.81. The van der Waals surface area contributed by atoms with Crippen molar-refractivity contribution in [1.82, 2.24) is 30.2 Å². The predicted molar refractivity (Wildman–Crippen MR) is 113 cm³/mol. The molecular weight excluding hydrogens is 424 g/mol. The van der Waals surface area contributed by atoms with Gasteiger partial charge in [0.15, 0.2) is 5.65 Å². The van der Waals surface area contributed by atoms with Crippen LogP contribution in [0.5, 0.6) is 5.75 Å². The summed E-state index contributed by atoms with van der Waals surface area (Å²) in [6.45, 7) is 0. The third-order valence-electron chi connectivity index (χ3n) is 5.06. The van der Waals surface area contributed by atoms with Gasteiger partial charge in [0.1, 0.15) is 16.8 Å². The quantitative estimate of drug-likeness (QED) is 0.407.